The molecule has 0 bridgehead atoms. The number of hydrogen-bond acceptors (Lipinski definition) is 2. The minimum atomic E-state index is -0.159. The standard InChI is InChI=1S/C19H22ClNO2/c1-4-14-7-6-8-15(5-2)19(14)21-18(22)12-23-16-9-10-17(20)13(3)11-16/h6-11H,4-5,12H2,1-3H3,(H,21,22). The van der Waals surface area contributed by atoms with Gasteiger partial charge in [0, 0.05) is 10.7 Å². The van der Waals surface area contributed by atoms with Crippen molar-refractivity contribution in [3.63, 3.8) is 0 Å². The van der Waals surface area contributed by atoms with Crippen molar-refractivity contribution in [3.8, 4) is 5.75 Å². The second-order valence-electron chi connectivity index (χ2n) is 5.41. The summed E-state index contributed by atoms with van der Waals surface area (Å²) in [4.78, 5) is 12.2. The largest absolute Gasteiger partial charge is 0.484 e. The smallest absolute Gasteiger partial charge is 0.262 e. The van der Waals surface area contributed by atoms with Crippen LogP contribution in [0, 0.1) is 6.92 Å². The van der Waals surface area contributed by atoms with E-state index in [1.807, 2.05) is 31.2 Å². The monoisotopic (exact) mass is 331 g/mol. The lowest BCUT2D eigenvalue weighted by Crippen LogP contribution is -2.21. The third kappa shape index (κ3) is 4.49. The fourth-order valence-corrected chi connectivity index (χ4v) is 2.55. The molecule has 0 aliphatic rings. The van der Waals surface area contributed by atoms with Crippen LogP contribution in [-0.2, 0) is 17.6 Å². The number of ether oxygens (including phenoxy) is 1. The van der Waals surface area contributed by atoms with Gasteiger partial charge in [0.2, 0.25) is 0 Å². The van der Waals surface area contributed by atoms with E-state index in [1.54, 1.807) is 12.1 Å². The van der Waals surface area contributed by atoms with Gasteiger partial charge < -0.3 is 10.1 Å². The number of halogens is 1. The molecule has 0 atom stereocenters. The number of anilines is 1. The van der Waals surface area contributed by atoms with Crippen molar-refractivity contribution in [1.29, 1.82) is 0 Å². The average molecular weight is 332 g/mol. The number of carbonyl (C=O) groups excluding carboxylic acids is 1. The lowest BCUT2D eigenvalue weighted by atomic mass is 10.0. The minimum absolute atomic E-state index is 0.0255. The van der Waals surface area contributed by atoms with Crippen LogP contribution in [0.5, 0.6) is 5.75 Å². The molecule has 1 N–H and O–H groups in total. The first-order chi connectivity index (χ1) is 11.0. The van der Waals surface area contributed by atoms with Crippen molar-refractivity contribution in [3.05, 3.63) is 58.1 Å². The predicted molar refractivity (Wildman–Crippen MR) is 95.5 cm³/mol. The molecule has 2 aromatic rings. The summed E-state index contributed by atoms with van der Waals surface area (Å²) in [5.41, 5.74) is 4.12. The second kappa shape index (κ2) is 8.02. The van der Waals surface area contributed by atoms with Crippen LogP contribution in [-0.4, -0.2) is 12.5 Å². The van der Waals surface area contributed by atoms with Crippen molar-refractivity contribution < 1.29 is 9.53 Å². The average Bonchev–Trinajstić information content (AvgIpc) is 2.56. The van der Waals surface area contributed by atoms with E-state index in [4.69, 9.17) is 16.3 Å². The lowest BCUT2D eigenvalue weighted by Gasteiger charge is -2.15. The fourth-order valence-electron chi connectivity index (χ4n) is 2.43. The zero-order chi connectivity index (χ0) is 16.8. The normalized spacial score (nSPS) is 10.4. The Kier molecular flexibility index (Phi) is 6.05. The first kappa shape index (κ1) is 17.4. The Balaban J connectivity index is 2.04. The van der Waals surface area contributed by atoms with E-state index in [0.29, 0.717) is 10.8 Å². The Hall–Kier alpha value is -2.00. The molecule has 3 nitrogen and oxygen atoms in total. The highest BCUT2D eigenvalue weighted by molar-refractivity contribution is 6.31. The number of benzene rings is 2. The van der Waals surface area contributed by atoms with Crippen LogP contribution in [0.3, 0.4) is 0 Å². The van der Waals surface area contributed by atoms with E-state index in [1.165, 1.54) is 0 Å². The van der Waals surface area contributed by atoms with Crippen LogP contribution >= 0.6 is 11.6 Å². The first-order valence-electron chi connectivity index (χ1n) is 7.84. The summed E-state index contributed by atoms with van der Waals surface area (Å²) in [5.74, 6) is 0.481. The number of para-hydroxylation sites is 1. The lowest BCUT2D eigenvalue weighted by molar-refractivity contribution is -0.118. The van der Waals surface area contributed by atoms with Gasteiger partial charge in [-0.25, -0.2) is 0 Å². The molecule has 0 aliphatic heterocycles. The molecule has 0 aromatic heterocycles. The minimum Gasteiger partial charge on any atom is -0.484 e. The molecule has 122 valence electrons. The molecule has 2 aromatic carbocycles. The predicted octanol–water partition coefficient (Wildman–Crippen LogP) is 4.79. The summed E-state index contributed by atoms with van der Waals surface area (Å²) >= 11 is 5.98. The maximum atomic E-state index is 12.2. The number of carbonyl (C=O) groups is 1. The molecule has 2 rings (SSSR count). The zero-order valence-corrected chi connectivity index (χ0v) is 14.5. The van der Waals surface area contributed by atoms with Gasteiger partial charge in [-0.3, -0.25) is 4.79 Å². The number of hydrogen-bond donors (Lipinski definition) is 1. The van der Waals surface area contributed by atoms with Gasteiger partial charge in [-0.2, -0.15) is 0 Å². The number of amides is 1. The summed E-state index contributed by atoms with van der Waals surface area (Å²) in [6.07, 6.45) is 1.75. The van der Waals surface area contributed by atoms with Gasteiger partial charge in [0.05, 0.1) is 0 Å². The molecule has 0 heterocycles. The second-order valence-corrected chi connectivity index (χ2v) is 5.81. The molecule has 0 saturated carbocycles. The zero-order valence-electron chi connectivity index (χ0n) is 13.8. The van der Waals surface area contributed by atoms with Crippen LogP contribution in [0.1, 0.15) is 30.5 Å². The van der Waals surface area contributed by atoms with E-state index >= 15 is 0 Å². The molecule has 0 saturated heterocycles. The van der Waals surface area contributed by atoms with Crippen LogP contribution in [0.25, 0.3) is 0 Å². The Morgan fingerprint density at radius 1 is 1.13 bits per heavy atom. The Bertz CT molecular complexity index is 676. The molecule has 0 unspecified atom stereocenters. The molecule has 0 fully saturated rings. The molecule has 0 spiro atoms. The van der Waals surface area contributed by atoms with E-state index in [9.17, 15) is 4.79 Å². The third-order valence-corrected chi connectivity index (χ3v) is 4.19. The maximum absolute atomic E-state index is 12.2. The Morgan fingerprint density at radius 3 is 2.35 bits per heavy atom. The van der Waals surface area contributed by atoms with E-state index in [-0.39, 0.29) is 12.5 Å². The van der Waals surface area contributed by atoms with Gasteiger partial charge in [-0.15, -0.1) is 0 Å². The number of rotatable bonds is 6. The van der Waals surface area contributed by atoms with Crippen LogP contribution < -0.4 is 10.1 Å². The number of nitrogens with one attached hydrogen (secondary N) is 1. The molecule has 0 aliphatic carbocycles. The van der Waals surface area contributed by atoms with Crippen LogP contribution in [0.2, 0.25) is 5.02 Å². The van der Waals surface area contributed by atoms with Crippen LogP contribution in [0.4, 0.5) is 5.69 Å². The first-order valence-corrected chi connectivity index (χ1v) is 8.22. The maximum Gasteiger partial charge on any atom is 0.262 e. The highest BCUT2D eigenvalue weighted by Gasteiger charge is 2.10. The van der Waals surface area contributed by atoms with Crippen molar-refractivity contribution in [1.82, 2.24) is 0 Å². The van der Waals surface area contributed by atoms with E-state index < -0.39 is 0 Å². The SMILES string of the molecule is CCc1cccc(CC)c1NC(=O)COc1ccc(Cl)c(C)c1. The summed E-state index contributed by atoms with van der Waals surface area (Å²) in [6, 6.07) is 11.5. The van der Waals surface area contributed by atoms with Gasteiger partial charge in [-0.05, 0) is 54.7 Å². The summed E-state index contributed by atoms with van der Waals surface area (Å²) < 4.78 is 5.55. The van der Waals surface area contributed by atoms with Gasteiger partial charge in [0.25, 0.3) is 5.91 Å². The van der Waals surface area contributed by atoms with Gasteiger partial charge in [0.15, 0.2) is 6.61 Å². The van der Waals surface area contributed by atoms with E-state index in [0.717, 1.165) is 35.2 Å². The third-order valence-electron chi connectivity index (χ3n) is 3.76. The van der Waals surface area contributed by atoms with Gasteiger partial charge >= 0.3 is 0 Å². The molecular formula is C19H22ClNO2. The molecule has 23 heavy (non-hydrogen) atoms. The highest BCUT2D eigenvalue weighted by Crippen LogP contribution is 2.23. The van der Waals surface area contributed by atoms with Crippen molar-refractivity contribution >= 4 is 23.2 Å². The fraction of sp³-hybridized carbons (Fsp3) is 0.316. The van der Waals surface area contributed by atoms with Crippen molar-refractivity contribution in [2.45, 2.75) is 33.6 Å². The molecule has 1 amide bonds. The number of aryl methyl sites for hydroxylation is 3. The topological polar surface area (TPSA) is 38.3 Å². The Morgan fingerprint density at radius 2 is 1.78 bits per heavy atom. The quantitative estimate of drug-likeness (QED) is 0.826. The van der Waals surface area contributed by atoms with Crippen molar-refractivity contribution in [2.75, 3.05) is 11.9 Å². The van der Waals surface area contributed by atoms with Gasteiger partial charge in [0.1, 0.15) is 5.75 Å². The summed E-state index contributed by atoms with van der Waals surface area (Å²) in [6.45, 7) is 6.04. The molecular weight excluding hydrogens is 310 g/mol. The van der Waals surface area contributed by atoms with E-state index in [2.05, 4.69) is 19.2 Å². The summed E-state index contributed by atoms with van der Waals surface area (Å²) in [7, 11) is 0. The Labute approximate surface area is 142 Å². The van der Waals surface area contributed by atoms with Crippen molar-refractivity contribution in [2.24, 2.45) is 0 Å². The summed E-state index contributed by atoms with van der Waals surface area (Å²) in [5, 5.41) is 3.67. The highest BCUT2D eigenvalue weighted by atomic mass is 35.5. The van der Waals surface area contributed by atoms with Crippen LogP contribution in [0.15, 0.2) is 36.4 Å². The van der Waals surface area contributed by atoms with Gasteiger partial charge in [-0.1, -0.05) is 43.6 Å². The molecule has 4 heteroatoms. The molecule has 0 radical (unpaired) electrons.